The van der Waals surface area contributed by atoms with E-state index in [1.807, 2.05) is 49.6 Å². The van der Waals surface area contributed by atoms with Crippen LogP contribution in [0.3, 0.4) is 0 Å². The van der Waals surface area contributed by atoms with E-state index in [2.05, 4.69) is 40.3 Å². The van der Waals surface area contributed by atoms with Gasteiger partial charge in [0.15, 0.2) is 6.29 Å². The molecule has 3 heterocycles. The molecule has 1 saturated heterocycles. The molecule has 0 radical (unpaired) electrons. The quantitative estimate of drug-likeness (QED) is 0.690. The highest BCUT2D eigenvalue weighted by atomic mass is 16.7. The van der Waals surface area contributed by atoms with Crippen molar-refractivity contribution in [1.82, 2.24) is 9.97 Å². The summed E-state index contributed by atoms with van der Waals surface area (Å²) in [7, 11) is 0. The van der Waals surface area contributed by atoms with Gasteiger partial charge in [0.2, 0.25) is 0 Å². The van der Waals surface area contributed by atoms with Gasteiger partial charge in [0.1, 0.15) is 0 Å². The molecule has 0 atom stereocenters. The Hall–Kier alpha value is -2.82. The van der Waals surface area contributed by atoms with Crippen LogP contribution in [0.15, 0.2) is 60.9 Å². The van der Waals surface area contributed by atoms with Crippen LogP contribution in [-0.2, 0) is 9.47 Å². The number of hydrogen-bond acceptors (Lipinski definition) is 4. The van der Waals surface area contributed by atoms with E-state index >= 15 is 0 Å². The SMILES string of the molecule is Cc1ccc(-c2ccc(/C=C/c3ccc(C4OCCO4)cc3)cn2)nc1. The van der Waals surface area contributed by atoms with Crippen LogP contribution in [0.1, 0.15) is 28.5 Å². The van der Waals surface area contributed by atoms with Gasteiger partial charge in [0, 0.05) is 18.0 Å². The van der Waals surface area contributed by atoms with Crippen LogP contribution >= 0.6 is 0 Å². The molecule has 1 fully saturated rings. The molecule has 2 aromatic heterocycles. The summed E-state index contributed by atoms with van der Waals surface area (Å²) in [6.45, 7) is 3.35. The smallest absolute Gasteiger partial charge is 0.184 e. The highest BCUT2D eigenvalue weighted by molar-refractivity contribution is 5.70. The lowest BCUT2D eigenvalue weighted by Crippen LogP contribution is -1.97. The lowest BCUT2D eigenvalue weighted by atomic mass is 10.1. The Morgan fingerprint density at radius 1 is 0.769 bits per heavy atom. The van der Waals surface area contributed by atoms with Crippen molar-refractivity contribution in [3.05, 3.63) is 83.2 Å². The molecule has 0 aliphatic carbocycles. The molecule has 0 saturated carbocycles. The minimum Gasteiger partial charge on any atom is -0.346 e. The predicted octanol–water partition coefficient (Wildman–Crippen LogP) is 4.67. The van der Waals surface area contributed by atoms with Gasteiger partial charge in [-0.05, 0) is 35.7 Å². The summed E-state index contributed by atoms with van der Waals surface area (Å²) in [6.07, 6.45) is 7.62. The topological polar surface area (TPSA) is 44.2 Å². The molecular weight excluding hydrogens is 324 g/mol. The number of ether oxygens (including phenoxy) is 2. The fourth-order valence-corrected chi connectivity index (χ4v) is 2.78. The second kappa shape index (κ2) is 7.60. The third kappa shape index (κ3) is 3.87. The Morgan fingerprint density at radius 3 is 2.00 bits per heavy atom. The summed E-state index contributed by atoms with van der Waals surface area (Å²) < 4.78 is 11.0. The molecule has 26 heavy (non-hydrogen) atoms. The van der Waals surface area contributed by atoms with Crippen LogP contribution in [0.25, 0.3) is 23.5 Å². The monoisotopic (exact) mass is 344 g/mol. The summed E-state index contributed by atoms with van der Waals surface area (Å²) in [5.41, 5.74) is 6.13. The molecule has 0 spiro atoms. The molecule has 4 heteroatoms. The Labute approximate surface area is 153 Å². The highest BCUT2D eigenvalue weighted by Gasteiger charge is 2.17. The van der Waals surface area contributed by atoms with Gasteiger partial charge in [-0.1, -0.05) is 48.6 Å². The standard InChI is InChI=1S/C22H20N2O2/c1-16-2-10-20(23-14-16)21-11-7-18(15-24-21)4-3-17-5-8-19(9-6-17)22-25-12-13-26-22/h2-11,14-15,22H,12-13H2,1H3/b4-3+. The zero-order valence-electron chi connectivity index (χ0n) is 14.6. The molecule has 3 aromatic rings. The average molecular weight is 344 g/mol. The minimum absolute atomic E-state index is 0.222. The van der Waals surface area contributed by atoms with E-state index < -0.39 is 0 Å². The van der Waals surface area contributed by atoms with Gasteiger partial charge in [-0.3, -0.25) is 9.97 Å². The summed E-state index contributed by atoms with van der Waals surface area (Å²) in [5.74, 6) is 0. The predicted molar refractivity (Wildman–Crippen MR) is 102 cm³/mol. The lowest BCUT2D eigenvalue weighted by molar-refractivity contribution is -0.0441. The average Bonchev–Trinajstić information content (AvgIpc) is 3.23. The second-order valence-corrected chi connectivity index (χ2v) is 6.27. The molecule has 0 unspecified atom stereocenters. The maximum absolute atomic E-state index is 5.51. The van der Waals surface area contributed by atoms with Crippen molar-refractivity contribution in [2.75, 3.05) is 13.2 Å². The molecule has 130 valence electrons. The van der Waals surface area contributed by atoms with Gasteiger partial charge in [-0.25, -0.2) is 0 Å². The Bertz CT molecular complexity index is 879. The molecule has 4 nitrogen and oxygen atoms in total. The van der Waals surface area contributed by atoms with Crippen molar-refractivity contribution in [3.8, 4) is 11.4 Å². The molecule has 4 rings (SSSR count). The van der Waals surface area contributed by atoms with Crippen molar-refractivity contribution < 1.29 is 9.47 Å². The van der Waals surface area contributed by atoms with Crippen molar-refractivity contribution in [2.45, 2.75) is 13.2 Å². The summed E-state index contributed by atoms with van der Waals surface area (Å²) in [5, 5.41) is 0. The van der Waals surface area contributed by atoms with Gasteiger partial charge in [0.05, 0.1) is 24.6 Å². The van der Waals surface area contributed by atoms with E-state index in [4.69, 9.17) is 9.47 Å². The van der Waals surface area contributed by atoms with Crippen molar-refractivity contribution in [1.29, 1.82) is 0 Å². The molecule has 1 aromatic carbocycles. The first-order valence-corrected chi connectivity index (χ1v) is 8.68. The van der Waals surface area contributed by atoms with Crippen molar-refractivity contribution in [2.24, 2.45) is 0 Å². The zero-order chi connectivity index (χ0) is 17.8. The molecule has 1 aliphatic rings. The van der Waals surface area contributed by atoms with Crippen molar-refractivity contribution in [3.63, 3.8) is 0 Å². The van der Waals surface area contributed by atoms with E-state index in [1.54, 1.807) is 0 Å². The van der Waals surface area contributed by atoms with E-state index in [0.717, 1.165) is 33.6 Å². The molecule has 1 aliphatic heterocycles. The summed E-state index contributed by atoms with van der Waals surface area (Å²) in [4.78, 5) is 8.92. The van der Waals surface area contributed by atoms with E-state index in [1.165, 1.54) is 0 Å². The Morgan fingerprint density at radius 2 is 1.38 bits per heavy atom. The first-order chi connectivity index (χ1) is 12.8. The first-order valence-electron chi connectivity index (χ1n) is 8.68. The van der Waals surface area contributed by atoms with Crippen LogP contribution in [0.2, 0.25) is 0 Å². The van der Waals surface area contributed by atoms with Crippen LogP contribution in [-0.4, -0.2) is 23.2 Å². The lowest BCUT2D eigenvalue weighted by Gasteiger charge is -2.08. The van der Waals surface area contributed by atoms with Gasteiger partial charge in [-0.15, -0.1) is 0 Å². The largest absolute Gasteiger partial charge is 0.346 e. The normalized spacial score (nSPS) is 15.0. The fourth-order valence-electron chi connectivity index (χ4n) is 2.78. The zero-order valence-corrected chi connectivity index (χ0v) is 14.6. The van der Waals surface area contributed by atoms with Crippen LogP contribution < -0.4 is 0 Å². The number of aromatic nitrogens is 2. The Balaban J connectivity index is 1.44. The summed E-state index contributed by atoms with van der Waals surface area (Å²) >= 11 is 0. The van der Waals surface area contributed by atoms with Gasteiger partial charge < -0.3 is 9.47 Å². The van der Waals surface area contributed by atoms with Crippen molar-refractivity contribution >= 4 is 12.2 Å². The number of nitrogens with zero attached hydrogens (tertiary/aromatic N) is 2. The highest BCUT2D eigenvalue weighted by Crippen LogP contribution is 2.23. The maximum Gasteiger partial charge on any atom is 0.184 e. The van der Waals surface area contributed by atoms with E-state index in [9.17, 15) is 0 Å². The maximum atomic E-state index is 5.51. The molecular formula is C22H20N2O2. The fraction of sp³-hybridized carbons (Fsp3) is 0.182. The molecule has 0 N–H and O–H groups in total. The number of rotatable bonds is 4. The third-order valence-corrected chi connectivity index (χ3v) is 4.26. The number of benzene rings is 1. The minimum atomic E-state index is -0.222. The second-order valence-electron chi connectivity index (χ2n) is 6.27. The number of aryl methyl sites for hydroxylation is 1. The molecule has 0 bridgehead atoms. The van der Waals surface area contributed by atoms with Crippen LogP contribution in [0.5, 0.6) is 0 Å². The van der Waals surface area contributed by atoms with Gasteiger partial charge in [-0.2, -0.15) is 0 Å². The Kier molecular flexibility index (Phi) is 4.86. The summed E-state index contributed by atoms with van der Waals surface area (Å²) in [6, 6.07) is 16.3. The molecule has 0 amide bonds. The van der Waals surface area contributed by atoms with Crippen LogP contribution in [0.4, 0.5) is 0 Å². The third-order valence-electron chi connectivity index (χ3n) is 4.26. The van der Waals surface area contributed by atoms with Crippen LogP contribution in [0, 0.1) is 6.92 Å². The number of hydrogen-bond donors (Lipinski definition) is 0. The van der Waals surface area contributed by atoms with E-state index in [0.29, 0.717) is 13.2 Å². The first kappa shape index (κ1) is 16.6. The number of pyridine rings is 2. The van der Waals surface area contributed by atoms with Gasteiger partial charge in [0.25, 0.3) is 0 Å². The van der Waals surface area contributed by atoms with E-state index in [-0.39, 0.29) is 6.29 Å². The van der Waals surface area contributed by atoms with Gasteiger partial charge >= 0.3 is 0 Å².